The van der Waals surface area contributed by atoms with Gasteiger partial charge in [0.2, 0.25) is 0 Å². The fourth-order valence-electron chi connectivity index (χ4n) is 2.64. The zero-order valence-corrected chi connectivity index (χ0v) is 11.2. The number of furan rings is 1. The van der Waals surface area contributed by atoms with Gasteiger partial charge in [-0.05, 0) is 43.5 Å². The molecule has 1 unspecified atom stereocenters. The molecule has 1 N–H and O–H groups in total. The van der Waals surface area contributed by atoms with E-state index in [0.29, 0.717) is 16.7 Å². The second kappa shape index (κ2) is 4.29. The van der Waals surface area contributed by atoms with Crippen molar-refractivity contribution in [3.8, 4) is 0 Å². The summed E-state index contributed by atoms with van der Waals surface area (Å²) in [4.78, 5) is 0. The van der Waals surface area contributed by atoms with E-state index in [1.165, 1.54) is 19.3 Å². The molecule has 1 saturated carbocycles. The first-order valence-electron chi connectivity index (χ1n) is 6.46. The summed E-state index contributed by atoms with van der Waals surface area (Å²) in [5.74, 6) is 1.28. The number of benzene rings is 1. The third kappa shape index (κ3) is 2.15. The second-order valence-electron chi connectivity index (χ2n) is 5.57. The van der Waals surface area contributed by atoms with E-state index in [2.05, 4.69) is 0 Å². The predicted octanol–water partition coefficient (Wildman–Crippen LogP) is 4.48. The van der Waals surface area contributed by atoms with E-state index in [4.69, 9.17) is 16.0 Å². The van der Waals surface area contributed by atoms with Crippen molar-refractivity contribution in [3.63, 3.8) is 0 Å². The Morgan fingerprint density at radius 3 is 2.83 bits per heavy atom. The average Bonchev–Trinajstić information content (AvgIpc) is 2.67. The minimum atomic E-state index is -0.878. The number of hydrogen-bond acceptors (Lipinski definition) is 2. The molecule has 0 amide bonds. The Hall–Kier alpha value is -0.990. The Balaban J connectivity index is 1.92. The van der Waals surface area contributed by atoms with Crippen LogP contribution < -0.4 is 0 Å². The summed E-state index contributed by atoms with van der Waals surface area (Å²) in [6.07, 6.45) is 4.52. The summed E-state index contributed by atoms with van der Waals surface area (Å²) in [6.45, 7) is 1.84. The maximum atomic E-state index is 10.6. The van der Waals surface area contributed by atoms with Crippen LogP contribution in [0.25, 0.3) is 11.0 Å². The third-order valence-corrected chi connectivity index (χ3v) is 4.16. The Labute approximate surface area is 112 Å². The molecule has 0 radical (unpaired) electrons. The molecule has 18 heavy (non-hydrogen) atoms. The molecular weight excluding hydrogens is 248 g/mol. The Kier molecular flexibility index (Phi) is 2.87. The smallest absolute Gasteiger partial charge is 0.136 e. The number of hydrogen-bond donors (Lipinski definition) is 1. The highest BCUT2D eigenvalue weighted by atomic mass is 35.5. The molecule has 0 bridgehead atoms. The first kappa shape index (κ1) is 12.1. The van der Waals surface area contributed by atoms with Crippen LogP contribution in [0.2, 0.25) is 5.02 Å². The monoisotopic (exact) mass is 264 g/mol. The Bertz CT molecular complexity index is 567. The van der Waals surface area contributed by atoms with Crippen molar-refractivity contribution in [1.29, 1.82) is 0 Å². The Morgan fingerprint density at radius 1 is 1.39 bits per heavy atom. The van der Waals surface area contributed by atoms with Crippen molar-refractivity contribution >= 4 is 22.6 Å². The molecule has 3 heteroatoms. The molecule has 1 heterocycles. The molecule has 1 aromatic carbocycles. The first-order valence-corrected chi connectivity index (χ1v) is 6.84. The second-order valence-corrected chi connectivity index (χ2v) is 6.00. The summed E-state index contributed by atoms with van der Waals surface area (Å²) >= 11 is 5.95. The lowest BCUT2D eigenvalue weighted by Crippen LogP contribution is -2.27. The van der Waals surface area contributed by atoms with Crippen LogP contribution in [-0.2, 0) is 5.60 Å². The van der Waals surface area contributed by atoms with E-state index in [1.54, 1.807) is 6.07 Å². The normalized spacial score (nSPS) is 19.7. The molecule has 2 nitrogen and oxygen atoms in total. The highest BCUT2D eigenvalue weighted by Crippen LogP contribution is 2.39. The van der Waals surface area contributed by atoms with Gasteiger partial charge in [-0.2, -0.15) is 0 Å². The molecule has 2 aromatic rings. The van der Waals surface area contributed by atoms with Crippen LogP contribution in [0.3, 0.4) is 0 Å². The molecule has 1 aliphatic rings. The van der Waals surface area contributed by atoms with Crippen molar-refractivity contribution < 1.29 is 9.52 Å². The van der Waals surface area contributed by atoms with Gasteiger partial charge in [0, 0.05) is 10.4 Å². The molecular formula is C15H17ClO2. The van der Waals surface area contributed by atoms with Crippen LogP contribution in [0.1, 0.15) is 38.4 Å². The molecule has 1 aromatic heterocycles. The average molecular weight is 265 g/mol. The van der Waals surface area contributed by atoms with Crippen LogP contribution in [0.5, 0.6) is 0 Å². The van der Waals surface area contributed by atoms with E-state index in [1.807, 2.05) is 25.1 Å². The quantitative estimate of drug-likeness (QED) is 0.886. The number of halogens is 1. The van der Waals surface area contributed by atoms with Crippen molar-refractivity contribution in [1.82, 2.24) is 0 Å². The summed E-state index contributed by atoms with van der Waals surface area (Å²) in [7, 11) is 0. The van der Waals surface area contributed by atoms with E-state index >= 15 is 0 Å². The van der Waals surface area contributed by atoms with Gasteiger partial charge >= 0.3 is 0 Å². The molecule has 0 aliphatic heterocycles. The van der Waals surface area contributed by atoms with Crippen LogP contribution in [0, 0.1) is 5.92 Å². The van der Waals surface area contributed by atoms with Crippen LogP contribution >= 0.6 is 11.6 Å². The van der Waals surface area contributed by atoms with Gasteiger partial charge in [0.05, 0.1) is 0 Å². The van der Waals surface area contributed by atoms with Gasteiger partial charge in [0.15, 0.2) is 0 Å². The lowest BCUT2D eigenvalue weighted by atomic mass is 9.77. The molecule has 96 valence electrons. The van der Waals surface area contributed by atoms with Crippen molar-refractivity contribution in [2.24, 2.45) is 5.92 Å². The highest BCUT2D eigenvalue weighted by molar-refractivity contribution is 6.31. The topological polar surface area (TPSA) is 33.4 Å². The lowest BCUT2D eigenvalue weighted by molar-refractivity contribution is -0.00146. The van der Waals surface area contributed by atoms with Gasteiger partial charge < -0.3 is 9.52 Å². The largest absolute Gasteiger partial charge is 0.458 e. The molecule has 0 spiro atoms. The summed E-state index contributed by atoms with van der Waals surface area (Å²) in [6, 6.07) is 7.42. The van der Waals surface area contributed by atoms with Crippen molar-refractivity contribution in [2.75, 3.05) is 0 Å². The zero-order chi connectivity index (χ0) is 12.8. The summed E-state index contributed by atoms with van der Waals surface area (Å²) in [5.41, 5.74) is -0.0976. The van der Waals surface area contributed by atoms with E-state index in [0.717, 1.165) is 17.4 Å². The lowest BCUT2D eigenvalue weighted by Gasteiger charge is -2.32. The fraction of sp³-hybridized carbons (Fsp3) is 0.467. The predicted molar refractivity (Wildman–Crippen MR) is 72.8 cm³/mol. The van der Waals surface area contributed by atoms with E-state index in [9.17, 15) is 5.11 Å². The Morgan fingerprint density at radius 2 is 2.17 bits per heavy atom. The maximum Gasteiger partial charge on any atom is 0.136 e. The fourth-order valence-corrected chi connectivity index (χ4v) is 2.82. The van der Waals surface area contributed by atoms with Gasteiger partial charge in [-0.25, -0.2) is 0 Å². The maximum absolute atomic E-state index is 10.6. The minimum Gasteiger partial charge on any atom is -0.458 e. The van der Waals surface area contributed by atoms with E-state index < -0.39 is 5.60 Å². The summed E-state index contributed by atoms with van der Waals surface area (Å²) in [5, 5.41) is 12.2. The highest BCUT2D eigenvalue weighted by Gasteiger charge is 2.33. The van der Waals surface area contributed by atoms with Gasteiger partial charge in [-0.1, -0.05) is 30.9 Å². The molecule has 1 atom stereocenters. The van der Waals surface area contributed by atoms with Gasteiger partial charge in [0.25, 0.3) is 0 Å². The van der Waals surface area contributed by atoms with Gasteiger partial charge in [0.1, 0.15) is 16.9 Å². The molecule has 0 saturated heterocycles. The van der Waals surface area contributed by atoms with Crippen molar-refractivity contribution in [3.05, 3.63) is 35.0 Å². The van der Waals surface area contributed by atoms with E-state index in [-0.39, 0.29) is 0 Å². The first-order chi connectivity index (χ1) is 8.54. The zero-order valence-electron chi connectivity index (χ0n) is 10.4. The van der Waals surface area contributed by atoms with Crippen molar-refractivity contribution in [2.45, 2.75) is 38.2 Å². The van der Waals surface area contributed by atoms with Gasteiger partial charge in [-0.3, -0.25) is 0 Å². The van der Waals surface area contributed by atoms with Crippen LogP contribution in [0.15, 0.2) is 28.7 Å². The van der Waals surface area contributed by atoms with Crippen LogP contribution in [0.4, 0.5) is 0 Å². The third-order valence-electron chi connectivity index (χ3n) is 3.92. The number of fused-ring (bicyclic) bond motifs is 1. The molecule has 1 fully saturated rings. The standard InChI is InChI=1S/C15H17ClO2/c1-15(17,9-10-3-2-4-10)14-8-11-7-12(16)5-6-13(11)18-14/h5-8,10,17H,2-4,9H2,1H3. The minimum absolute atomic E-state index is 0.636. The summed E-state index contributed by atoms with van der Waals surface area (Å²) < 4.78 is 5.75. The molecule has 1 aliphatic carbocycles. The van der Waals surface area contributed by atoms with Gasteiger partial charge in [-0.15, -0.1) is 0 Å². The number of rotatable bonds is 3. The number of aliphatic hydroxyl groups is 1. The SMILES string of the molecule is CC(O)(CC1CCC1)c1cc2cc(Cl)ccc2o1. The van der Waals surface area contributed by atoms with Crippen LogP contribution in [-0.4, -0.2) is 5.11 Å². The molecule has 3 rings (SSSR count).